The van der Waals surface area contributed by atoms with E-state index in [9.17, 15) is 0 Å². The van der Waals surface area contributed by atoms with Gasteiger partial charge in [0.25, 0.3) is 0 Å². The maximum absolute atomic E-state index is 2.84. The van der Waals surface area contributed by atoms with E-state index in [1.54, 1.807) is 0 Å². The Balaban J connectivity index is 1.21. The average molecular weight is 804 g/mol. The lowest BCUT2D eigenvalue weighted by Gasteiger charge is -2.34. The van der Waals surface area contributed by atoms with Crippen LogP contribution in [-0.4, -0.2) is 12.6 Å². The highest BCUT2D eigenvalue weighted by molar-refractivity contribution is 7.20. The fraction of sp³-hybridized carbons (Fsp3) is 0. The molecule has 0 saturated heterocycles. The molecule has 1 heterocycles. The van der Waals surface area contributed by atoms with E-state index in [4.69, 9.17) is 0 Å². The van der Waals surface area contributed by atoms with Gasteiger partial charge in [0.05, 0.1) is 11.0 Å². The van der Waals surface area contributed by atoms with Crippen LogP contribution in [0.25, 0.3) is 82.1 Å². The Hall–Kier alpha value is -7.78. The Kier molecular flexibility index (Phi) is 8.58. The quantitative estimate of drug-likeness (QED) is 0.0859. The third-order valence-corrected chi connectivity index (χ3v) is 17.9. The molecule has 12 aromatic rings. The Morgan fingerprint density at radius 2 is 0.677 bits per heavy atom. The minimum atomic E-state index is -2.84. The fourth-order valence-corrected chi connectivity index (χ4v) is 15.2. The van der Waals surface area contributed by atoms with Crippen LogP contribution >= 0.6 is 0 Å². The summed E-state index contributed by atoms with van der Waals surface area (Å²) in [5.41, 5.74) is 8.36. The van der Waals surface area contributed by atoms with Gasteiger partial charge in [-0.05, 0) is 100 Å². The molecule has 0 atom stereocenters. The Morgan fingerprint density at radius 1 is 0.242 bits per heavy atom. The second kappa shape index (κ2) is 14.7. The lowest BCUT2D eigenvalue weighted by molar-refractivity contribution is 1.18. The highest BCUT2D eigenvalue weighted by atomic mass is 28.3. The summed E-state index contributed by atoms with van der Waals surface area (Å²) in [7, 11) is -2.84. The number of benzene rings is 11. The summed E-state index contributed by atoms with van der Waals surface area (Å²) in [6.07, 6.45) is 0. The minimum absolute atomic E-state index is 1.14. The zero-order valence-electron chi connectivity index (χ0n) is 34.1. The summed E-state index contributed by atoms with van der Waals surface area (Å²) >= 11 is 0. The average Bonchev–Trinajstić information content (AvgIpc) is 3.69. The number of nitrogens with zero attached hydrogens (tertiary/aromatic N) is 1. The summed E-state index contributed by atoms with van der Waals surface area (Å²) in [6.45, 7) is 0. The van der Waals surface area contributed by atoms with E-state index in [-0.39, 0.29) is 0 Å². The first-order valence-electron chi connectivity index (χ1n) is 21.5. The predicted octanol–water partition coefficient (Wildman–Crippen LogP) is 13.0. The van der Waals surface area contributed by atoms with Gasteiger partial charge in [0.15, 0.2) is 8.07 Å². The normalized spacial score (nSPS) is 11.9. The molecule has 0 aliphatic heterocycles. The van der Waals surface area contributed by atoms with Crippen molar-refractivity contribution in [2.75, 3.05) is 0 Å². The van der Waals surface area contributed by atoms with E-state index >= 15 is 0 Å². The molecule has 0 bridgehead atoms. The molecule has 0 saturated carbocycles. The third-order valence-electron chi connectivity index (χ3n) is 13.1. The van der Waals surface area contributed by atoms with Crippen LogP contribution < -0.4 is 20.7 Å². The molecular weight excluding hydrogens is 763 g/mol. The molecule has 0 aliphatic carbocycles. The largest absolute Gasteiger partial charge is 0.309 e. The number of fused-ring (bicyclic) bond motifs is 10. The van der Waals surface area contributed by atoms with Crippen LogP contribution in [0.15, 0.2) is 249 Å². The standard InChI is InChI=1S/C60H41NSi/c1-5-19-42(20-6-1)43-21-17-22-44(39-43)45-23-18-24-46(40-45)61-57-38-37-55-53-33-14-13-31-51(53)52-32-15-16-34-54(52)59(55)60(57)56-36-35-50(41-58(56)61)62(47-25-7-2-8-26-47,48-27-9-3-10-28-48)49-29-11-4-12-30-49/h1-41H. The zero-order chi connectivity index (χ0) is 41.0. The van der Waals surface area contributed by atoms with Crippen LogP contribution in [0.1, 0.15) is 0 Å². The monoisotopic (exact) mass is 803 g/mol. The molecule has 290 valence electrons. The van der Waals surface area contributed by atoms with Crippen molar-refractivity contribution in [3.63, 3.8) is 0 Å². The van der Waals surface area contributed by atoms with E-state index in [0.717, 1.165) is 5.69 Å². The van der Waals surface area contributed by atoms with Crippen LogP contribution in [0, 0.1) is 0 Å². The molecule has 1 nitrogen and oxygen atoms in total. The number of aromatic nitrogens is 1. The first-order valence-corrected chi connectivity index (χ1v) is 23.5. The van der Waals surface area contributed by atoms with E-state index in [1.165, 1.54) is 97.1 Å². The number of rotatable bonds is 7. The van der Waals surface area contributed by atoms with Gasteiger partial charge in [0.2, 0.25) is 0 Å². The van der Waals surface area contributed by atoms with Crippen molar-refractivity contribution in [3.05, 3.63) is 249 Å². The summed E-state index contributed by atoms with van der Waals surface area (Å²) in [4.78, 5) is 0. The fourth-order valence-electron chi connectivity index (χ4n) is 10.4. The van der Waals surface area contributed by atoms with Crippen molar-refractivity contribution in [2.45, 2.75) is 0 Å². The summed E-state index contributed by atoms with van der Waals surface area (Å²) in [5, 5.41) is 15.7. The molecule has 62 heavy (non-hydrogen) atoms. The summed E-state index contributed by atoms with van der Waals surface area (Å²) in [6, 6.07) is 92.6. The van der Waals surface area contributed by atoms with Gasteiger partial charge < -0.3 is 4.57 Å². The van der Waals surface area contributed by atoms with Gasteiger partial charge in [0, 0.05) is 21.8 Å². The molecular formula is C60H41NSi. The lowest BCUT2D eigenvalue weighted by Crippen LogP contribution is -2.74. The molecule has 0 N–H and O–H groups in total. The van der Waals surface area contributed by atoms with Gasteiger partial charge in [-0.15, -0.1) is 0 Å². The van der Waals surface area contributed by atoms with Crippen molar-refractivity contribution in [1.82, 2.24) is 4.57 Å². The van der Waals surface area contributed by atoms with Crippen LogP contribution in [0.3, 0.4) is 0 Å². The van der Waals surface area contributed by atoms with E-state index in [0.29, 0.717) is 0 Å². The molecule has 12 rings (SSSR count). The molecule has 0 spiro atoms. The molecule has 1 aromatic heterocycles. The smallest absolute Gasteiger partial charge is 0.179 e. The number of hydrogen-bond donors (Lipinski definition) is 0. The molecule has 0 unspecified atom stereocenters. The highest BCUT2D eigenvalue weighted by Gasteiger charge is 2.41. The predicted molar refractivity (Wildman–Crippen MR) is 268 cm³/mol. The van der Waals surface area contributed by atoms with E-state index in [2.05, 4.69) is 253 Å². The molecule has 0 aliphatic rings. The Bertz CT molecular complexity index is 3480. The van der Waals surface area contributed by atoms with E-state index < -0.39 is 8.07 Å². The third kappa shape index (κ3) is 5.61. The van der Waals surface area contributed by atoms with Gasteiger partial charge in [-0.1, -0.05) is 218 Å². The number of hydrogen-bond acceptors (Lipinski definition) is 0. The van der Waals surface area contributed by atoms with Crippen molar-refractivity contribution in [2.24, 2.45) is 0 Å². The molecule has 2 heteroatoms. The minimum Gasteiger partial charge on any atom is -0.309 e. The van der Waals surface area contributed by atoms with Crippen molar-refractivity contribution < 1.29 is 0 Å². The molecule has 0 fully saturated rings. The SMILES string of the molecule is c1ccc(-c2cccc(-c3cccc(-n4c5cc([Si](c6ccccc6)(c6ccccc6)c6ccccc6)ccc5c5c6c7ccccc7c7ccccc7c6ccc54)c3)c2)cc1. The second-order valence-corrected chi connectivity index (χ2v) is 20.2. The van der Waals surface area contributed by atoms with Crippen molar-refractivity contribution in [3.8, 4) is 27.9 Å². The first-order chi connectivity index (χ1) is 30.8. The van der Waals surface area contributed by atoms with Crippen molar-refractivity contribution in [1.29, 1.82) is 0 Å². The van der Waals surface area contributed by atoms with Crippen LogP contribution in [0.4, 0.5) is 0 Å². The van der Waals surface area contributed by atoms with Crippen LogP contribution in [-0.2, 0) is 0 Å². The first kappa shape index (κ1) is 36.1. The van der Waals surface area contributed by atoms with Gasteiger partial charge in [-0.25, -0.2) is 0 Å². The summed E-state index contributed by atoms with van der Waals surface area (Å²) in [5.74, 6) is 0. The van der Waals surface area contributed by atoms with Gasteiger partial charge >= 0.3 is 0 Å². The van der Waals surface area contributed by atoms with Gasteiger partial charge in [-0.2, -0.15) is 0 Å². The topological polar surface area (TPSA) is 4.93 Å². The molecule has 11 aromatic carbocycles. The lowest BCUT2D eigenvalue weighted by atomic mass is 9.92. The highest BCUT2D eigenvalue weighted by Crippen LogP contribution is 2.43. The maximum atomic E-state index is 2.55. The second-order valence-electron chi connectivity index (χ2n) is 16.4. The van der Waals surface area contributed by atoms with Crippen LogP contribution in [0.5, 0.6) is 0 Å². The Morgan fingerprint density at radius 3 is 1.27 bits per heavy atom. The van der Waals surface area contributed by atoms with Crippen LogP contribution in [0.2, 0.25) is 0 Å². The van der Waals surface area contributed by atoms with E-state index in [1.807, 2.05) is 0 Å². The summed E-state index contributed by atoms with van der Waals surface area (Å²) < 4.78 is 2.54. The van der Waals surface area contributed by atoms with Gasteiger partial charge in [0.1, 0.15) is 0 Å². The maximum Gasteiger partial charge on any atom is 0.179 e. The van der Waals surface area contributed by atoms with Gasteiger partial charge in [-0.3, -0.25) is 0 Å². The van der Waals surface area contributed by atoms with Crippen molar-refractivity contribution >= 4 is 82.9 Å². The molecule has 0 radical (unpaired) electrons. The molecule has 0 amide bonds. The Labute approximate surface area is 362 Å². The zero-order valence-corrected chi connectivity index (χ0v) is 35.1.